The van der Waals surface area contributed by atoms with E-state index in [1.807, 2.05) is 6.92 Å². The Morgan fingerprint density at radius 1 is 1.19 bits per heavy atom. The van der Waals surface area contributed by atoms with Gasteiger partial charge in [-0.15, -0.1) is 0 Å². The Morgan fingerprint density at radius 2 is 1.94 bits per heavy atom. The molecular formula is C22H30N4O5. The van der Waals surface area contributed by atoms with Crippen molar-refractivity contribution >= 4 is 23.6 Å². The van der Waals surface area contributed by atoms with Gasteiger partial charge in [-0.05, 0) is 37.8 Å². The third-order valence-electron chi connectivity index (χ3n) is 5.55. The molecule has 1 atom stereocenters. The number of nitrogens with one attached hydrogen (secondary N) is 2. The number of likely N-dealkylation sites (N-methyl/N-ethyl adjacent to an activating group) is 2. The Bertz CT molecular complexity index is 839. The summed E-state index contributed by atoms with van der Waals surface area (Å²) in [7, 11) is 1.52. The monoisotopic (exact) mass is 430 g/mol. The average Bonchev–Trinajstić information content (AvgIpc) is 3.58. The number of rotatable bonds is 4. The molecule has 0 unspecified atom stereocenters. The van der Waals surface area contributed by atoms with E-state index in [1.54, 1.807) is 29.2 Å². The van der Waals surface area contributed by atoms with E-state index in [9.17, 15) is 19.2 Å². The highest BCUT2D eigenvalue weighted by atomic mass is 16.5. The Balaban J connectivity index is 1.84. The molecule has 1 aliphatic heterocycles. The van der Waals surface area contributed by atoms with Gasteiger partial charge >= 0.3 is 0 Å². The average molecular weight is 431 g/mol. The first-order valence-corrected chi connectivity index (χ1v) is 10.7. The van der Waals surface area contributed by atoms with Crippen LogP contribution in [0.2, 0.25) is 0 Å². The number of carbonyl (C=O) groups excluding carboxylic acids is 4. The maximum Gasteiger partial charge on any atom is 0.255 e. The molecule has 31 heavy (non-hydrogen) atoms. The van der Waals surface area contributed by atoms with E-state index < -0.39 is 23.8 Å². The maximum absolute atomic E-state index is 12.9. The summed E-state index contributed by atoms with van der Waals surface area (Å²) in [6.45, 7) is 3.28. The number of benzene rings is 1. The van der Waals surface area contributed by atoms with Crippen LogP contribution in [0.4, 0.5) is 0 Å². The van der Waals surface area contributed by atoms with Crippen molar-refractivity contribution in [1.82, 2.24) is 20.4 Å². The largest absolute Gasteiger partial charge is 0.491 e. The Morgan fingerprint density at radius 3 is 2.65 bits per heavy atom. The molecule has 1 aromatic carbocycles. The van der Waals surface area contributed by atoms with Crippen LogP contribution in [0.25, 0.3) is 0 Å². The molecule has 4 amide bonds. The van der Waals surface area contributed by atoms with Crippen LogP contribution in [-0.2, 0) is 14.4 Å². The molecule has 0 bridgehead atoms. The standard InChI is InChI=1S/C22H30N4O5/c1-3-26-10-11-31-18-7-5-4-6-16(18)21(29)24-17(22(30)23-13-15-8-9-15)12-19(27)25(2)14-20(26)28/h4-7,15,17H,3,8-14H2,1-2H3,(H,23,30)(H,24,29)/t17-/m0/s1. The molecule has 2 N–H and O–H groups in total. The lowest BCUT2D eigenvalue weighted by Gasteiger charge is -2.27. The van der Waals surface area contributed by atoms with E-state index in [-0.39, 0.29) is 31.0 Å². The first kappa shape index (κ1) is 22.6. The van der Waals surface area contributed by atoms with Gasteiger partial charge in [-0.1, -0.05) is 12.1 Å². The minimum absolute atomic E-state index is 0.104. The van der Waals surface area contributed by atoms with Crippen LogP contribution in [0.15, 0.2) is 24.3 Å². The number of para-hydroxylation sites is 1. The van der Waals surface area contributed by atoms with Gasteiger partial charge in [-0.2, -0.15) is 0 Å². The topological polar surface area (TPSA) is 108 Å². The van der Waals surface area contributed by atoms with Gasteiger partial charge in [0.15, 0.2) is 0 Å². The number of ether oxygens (including phenoxy) is 1. The second-order valence-corrected chi connectivity index (χ2v) is 7.99. The van der Waals surface area contributed by atoms with Crippen LogP contribution in [0.1, 0.15) is 36.5 Å². The van der Waals surface area contributed by atoms with Crippen LogP contribution in [0.5, 0.6) is 5.75 Å². The SMILES string of the molecule is CCN1CCOc2ccccc2C(=O)N[C@H](C(=O)NCC2CC2)CC(=O)N(C)CC1=O. The normalized spacial score (nSPS) is 21.0. The molecule has 0 saturated heterocycles. The molecule has 1 saturated carbocycles. The highest BCUT2D eigenvalue weighted by Crippen LogP contribution is 2.27. The molecule has 1 heterocycles. The molecule has 1 fully saturated rings. The summed E-state index contributed by atoms with van der Waals surface area (Å²) in [5.74, 6) is -0.666. The van der Waals surface area contributed by atoms with Crippen LogP contribution in [-0.4, -0.2) is 79.3 Å². The second-order valence-electron chi connectivity index (χ2n) is 7.99. The zero-order chi connectivity index (χ0) is 22.4. The number of hydrogen-bond donors (Lipinski definition) is 2. The van der Waals surface area contributed by atoms with Gasteiger partial charge in [0.25, 0.3) is 5.91 Å². The molecule has 9 nitrogen and oxygen atoms in total. The Hall–Kier alpha value is -3.10. The lowest BCUT2D eigenvalue weighted by atomic mass is 10.1. The second kappa shape index (κ2) is 10.3. The summed E-state index contributed by atoms with van der Waals surface area (Å²) in [6.07, 6.45) is 1.90. The molecule has 168 valence electrons. The van der Waals surface area contributed by atoms with Crippen molar-refractivity contribution in [3.05, 3.63) is 29.8 Å². The summed E-state index contributed by atoms with van der Waals surface area (Å²) < 4.78 is 5.78. The van der Waals surface area contributed by atoms with E-state index in [0.29, 0.717) is 31.3 Å². The summed E-state index contributed by atoms with van der Waals surface area (Å²) in [6, 6.07) is 5.67. The van der Waals surface area contributed by atoms with Crippen molar-refractivity contribution in [2.75, 3.05) is 39.8 Å². The number of nitrogens with zero attached hydrogens (tertiary/aromatic N) is 2. The van der Waals surface area contributed by atoms with Crippen molar-refractivity contribution < 1.29 is 23.9 Å². The molecule has 9 heteroatoms. The predicted molar refractivity (Wildman–Crippen MR) is 113 cm³/mol. The van der Waals surface area contributed by atoms with Crippen molar-refractivity contribution in [1.29, 1.82) is 0 Å². The number of amides is 4. The number of hydrogen-bond acceptors (Lipinski definition) is 5. The van der Waals surface area contributed by atoms with Crippen LogP contribution < -0.4 is 15.4 Å². The minimum atomic E-state index is -1.05. The van der Waals surface area contributed by atoms with E-state index >= 15 is 0 Å². The summed E-state index contributed by atoms with van der Waals surface area (Å²) >= 11 is 0. The zero-order valence-corrected chi connectivity index (χ0v) is 18.1. The Kier molecular flexibility index (Phi) is 7.49. The first-order valence-electron chi connectivity index (χ1n) is 10.7. The predicted octanol–water partition coefficient (Wildman–Crippen LogP) is 0.401. The van der Waals surface area contributed by atoms with Crippen molar-refractivity contribution in [3.63, 3.8) is 0 Å². The van der Waals surface area contributed by atoms with Gasteiger partial charge in [0.05, 0.1) is 25.1 Å². The van der Waals surface area contributed by atoms with Crippen molar-refractivity contribution in [2.24, 2.45) is 5.92 Å². The molecule has 2 aliphatic rings. The van der Waals surface area contributed by atoms with Crippen LogP contribution in [0, 0.1) is 5.92 Å². The molecule has 0 spiro atoms. The fourth-order valence-electron chi connectivity index (χ4n) is 3.36. The van der Waals surface area contributed by atoms with Gasteiger partial charge in [-0.3, -0.25) is 19.2 Å². The van der Waals surface area contributed by atoms with Gasteiger partial charge in [-0.25, -0.2) is 0 Å². The van der Waals surface area contributed by atoms with Gasteiger partial charge < -0.3 is 25.2 Å². The van der Waals surface area contributed by atoms with Gasteiger partial charge in [0, 0.05) is 20.1 Å². The van der Waals surface area contributed by atoms with E-state index in [4.69, 9.17) is 4.74 Å². The minimum Gasteiger partial charge on any atom is -0.491 e. The van der Waals surface area contributed by atoms with E-state index in [0.717, 1.165) is 12.8 Å². The fourth-order valence-corrected chi connectivity index (χ4v) is 3.36. The third-order valence-corrected chi connectivity index (χ3v) is 5.55. The fraction of sp³-hybridized carbons (Fsp3) is 0.545. The third kappa shape index (κ3) is 6.19. The van der Waals surface area contributed by atoms with Crippen LogP contribution in [0.3, 0.4) is 0 Å². The molecule has 1 aromatic rings. The van der Waals surface area contributed by atoms with Gasteiger partial charge in [0.2, 0.25) is 17.7 Å². The Labute approximate surface area is 182 Å². The lowest BCUT2D eigenvalue weighted by Crippen LogP contribution is -2.50. The van der Waals surface area contributed by atoms with E-state index in [1.165, 1.54) is 11.9 Å². The highest BCUT2D eigenvalue weighted by Gasteiger charge is 2.30. The molecular weight excluding hydrogens is 400 g/mol. The molecule has 1 aliphatic carbocycles. The molecule has 3 rings (SSSR count). The quantitative estimate of drug-likeness (QED) is 0.719. The number of carbonyl (C=O) groups is 4. The zero-order valence-electron chi connectivity index (χ0n) is 18.1. The highest BCUT2D eigenvalue weighted by molar-refractivity contribution is 6.00. The molecule has 0 aromatic heterocycles. The number of fused-ring (bicyclic) bond motifs is 1. The summed E-state index contributed by atoms with van der Waals surface area (Å²) in [5.41, 5.74) is 0.273. The summed E-state index contributed by atoms with van der Waals surface area (Å²) in [5, 5.41) is 5.50. The van der Waals surface area contributed by atoms with E-state index in [2.05, 4.69) is 10.6 Å². The lowest BCUT2D eigenvalue weighted by molar-refractivity contribution is -0.140. The maximum atomic E-state index is 12.9. The molecule has 0 radical (unpaired) electrons. The van der Waals surface area contributed by atoms with Crippen LogP contribution >= 0.6 is 0 Å². The smallest absolute Gasteiger partial charge is 0.255 e. The summed E-state index contributed by atoms with van der Waals surface area (Å²) in [4.78, 5) is 53.9. The van der Waals surface area contributed by atoms with Crippen molar-refractivity contribution in [3.8, 4) is 5.75 Å². The van der Waals surface area contributed by atoms with Crippen molar-refractivity contribution in [2.45, 2.75) is 32.2 Å². The van der Waals surface area contributed by atoms with Gasteiger partial charge in [0.1, 0.15) is 18.4 Å². The first-order chi connectivity index (χ1) is 14.9.